The first kappa shape index (κ1) is 25.0. The standard InChI is InChI=1S/C21H22BrCl2N3O4/c1-3-8-31-21-14(22)9-13(10-17(21)30-4-2)12-25-27-19(29)11-18(28)26-16-7-5-6-15(23)20(16)24/h5-7,9-10,12H,3-4,8,11H2,1-2H3,(H,26,28)(H,27,29). The lowest BCUT2D eigenvalue weighted by atomic mass is 10.2. The third-order valence-electron chi connectivity index (χ3n) is 3.73. The van der Waals surface area contributed by atoms with Crippen LogP contribution in [0.1, 0.15) is 32.3 Å². The first-order chi connectivity index (χ1) is 14.8. The van der Waals surface area contributed by atoms with Crippen molar-refractivity contribution >= 4 is 62.8 Å². The first-order valence-electron chi connectivity index (χ1n) is 9.50. The number of rotatable bonds is 10. The van der Waals surface area contributed by atoms with Gasteiger partial charge in [-0.05, 0) is 59.1 Å². The van der Waals surface area contributed by atoms with E-state index in [4.69, 9.17) is 32.7 Å². The molecule has 0 spiro atoms. The first-order valence-corrected chi connectivity index (χ1v) is 11.1. The SMILES string of the molecule is CCCOc1c(Br)cc(C=NNC(=O)CC(=O)Nc2cccc(Cl)c2Cl)cc1OCC. The Balaban J connectivity index is 1.97. The second-order valence-electron chi connectivity index (χ2n) is 6.23. The van der Waals surface area contributed by atoms with E-state index in [9.17, 15) is 9.59 Å². The number of hydrogen-bond donors (Lipinski definition) is 2. The molecule has 0 aliphatic carbocycles. The van der Waals surface area contributed by atoms with Crippen molar-refractivity contribution < 1.29 is 19.1 Å². The molecule has 0 saturated carbocycles. The maximum Gasteiger partial charge on any atom is 0.249 e. The van der Waals surface area contributed by atoms with Crippen LogP contribution < -0.4 is 20.2 Å². The van der Waals surface area contributed by atoms with E-state index < -0.39 is 18.2 Å². The van der Waals surface area contributed by atoms with E-state index in [0.717, 1.165) is 6.42 Å². The van der Waals surface area contributed by atoms with Gasteiger partial charge in [0.1, 0.15) is 6.42 Å². The van der Waals surface area contributed by atoms with Crippen molar-refractivity contribution in [1.29, 1.82) is 0 Å². The van der Waals surface area contributed by atoms with Crippen LogP contribution in [0.4, 0.5) is 5.69 Å². The quantitative estimate of drug-likeness (QED) is 0.244. The zero-order chi connectivity index (χ0) is 22.8. The van der Waals surface area contributed by atoms with Crippen molar-refractivity contribution in [1.82, 2.24) is 5.43 Å². The highest BCUT2D eigenvalue weighted by atomic mass is 79.9. The fourth-order valence-electron chi connectivity index (χ4n) is 2.43. The Kier molecular flexibility index (Phi) is 10.1. The number of carbonyl (C=O) groups excluding carboxylic acids is 2. The van der Waals surface area contributed by atoms with Gasteiger partial charge in [-0.25, -0.2) is 5.43 Å². The van der Waals surface area contributed by atoms with Gasteiger partial charge in [-0.1, -0.05) is 36.2 Å². The summed E-state index contributed by atoms with van der Waals surface area (Å²) in [5.41, 5.74) is 3.32. The number of hydrogen-bond acceptors (Lipinski definition) is 5. The molecule has 0 aromatic heterocycles. The lowest BCUT2D eigenvalue weighted by Crippen LogP contribution is -2.24. The second-order valence-corrected chi connectivity index (χ2v) is 7.87. The molecule has 0 saturated heterocycles. The number of halogens is 3. The lowest BCUT2D eigenvalue weighted by Gasteiger charge is -2.14. The summed E-state index contributed by atoms with van der Waals surface area (Å²) >= 11 is 15.4. The van der Waals surface area contributed by atoms with Crippen LogP contribution in [-0.4, -0.2) is 31.2 Å². The van der Waals surface area contributed by atoms with Crippen molar-refractivity contribution in [2.45, 2.75) is 26.7 Å². The fourth-order valence-corrected chi connectivity index (χ4v) is 3.35. The average Bonchev–Trinajstić information content (AvgIpc) is 2.71. The van der Waals surface area contributed by atoms with Crippen molar-refractivity contribution in [2.75, 3.05) is 18.5 Å². The van der Waals surface area contributed by atoms with E-state index in [1.165, 1.54) is 6.21 Å². The predicted molar refractivity (Wildman–Crippen MR) is 127 cm³/mol. The third-order valence-corrected chi connectivity index (χ3v) is 5.14. The number of nitrogens with one attached hydrogen (secondary N) is 2. The molecule has 0 bridgehead atoms. The van der Waals surface area contributed by atoms with Crippen molar-refractivity contribution in [2.24, 2.45) is 5.10 Å². The molecule has 0 unspecified atom stereocenters. The maximum atomic E-state index is 12.0. The van der Waals surface area contributed by atoms with Crippen LogP contribution in [0.5, 0.6) is 11.5 Å². The number of ether oxygens (including phenoxy) is 2. The number of benzene rings is 2. The van der Waals surface area contributed by atoms with Gasteiger partial charge in [0.25, 0.3) is 0 Å². The Hall–Kier alpha value is -2.29. The number of hydrazone groups is 1. The highest BCUT2D eigenvalue weighted by Crippen LogP contribution is 2.36. The van der Waals surface area contributed by atoms with Crippen LogP contribution in [0.25, 0.3) is 0 Å². The Labute approximate surface area is 199 Å². The van der Waals surface area contributed by atoms with Crippen molar-refractivity contribution in [3.8, 4) is 11.5 Å². The number of amides is 2. The van der Waals surface area contributed by atoms with E-state index in [2.05, 4.69) is 31.8 Å². The van der Waals surface area contributed by atoms with Crippen LogP contribution in [0.2, 0.25) is 10.0 Å². The normalized spacial score (nSPS) is 10.7. The molecule has 0 aliphatic rings. The van der Waals surface area contributed by atoms with E-state index in [0.29, 0.717) is 45.5 Å². The molecule has 7 nitrogen and oxygen atoms in total. The Morgan fingerprint density at radius 1 is 1.16 bits per heavy atom. The van der Waals surface area contributed by atoms with E-state index in [1.807, 2.05) is 13.8 Å². The zero-order valence-electron chi connectivity index (χ0n) is 17.0. The van der Waals surface area contributed by atoms with Crippen LogP contribution in [0.3, 0.4) is 0 Å². The van der Waals surface area contributed by atoms with Gasteiger partial charge in [0.05, 0.1) is 39.6 Å². The summed E-state index contributed by atoms with van der Waals surface area (Å²) in [7, 11) is 0. The minimum atomic E-state index is -0.584. The van der Waals surface area contributed by atoms with Gasteiger partial charge in [-0.3, -0.25) is 9.59 Å². The van der Waals surface area contributed by atoms with Gasteiger partial charge >= 0.3 is 0 Å². The van der Waals surface area contributed by atoms with Crippen LogP contribution in [-0.2, 0) is 9.59 Å². The lowest BCUT2D eigenvalue weighted by molar-refractivity contribution is -0.126. The smallest absolute Gasteiger partial charge is 0.249 e. The summed E-state index contributed by atoms with van der Waals surface area (Å²) in [6.45, 7) is 4.92. The third kappa shape index (κ3) is 7.72. The largest absolute Gasteiger partial charge is 0.490 e. The Morgan fingerprint density at radius 3 is 2.65 bits per heavy atom. The minimum Gasteiger partial charge on any atom is -0.490 e. The molecular weight excluding hydrogens is 509 g/mol. The van der Waals surface area contributed by atoms with Crippen LogP contribution in [0.15, 0.2) is 39.9 Å². The molecule has 2 rings (SSSR count). The second kappa shape index (κ2) is 12.5. The fraction of sp³-hybridized carbons (Fsp3) is 0.286. The molecule has 2 aromatic rings. The molecule has 2 aromatic carbocycles. The Morgan fingerprint density at radius 2 is 1.94 bits per heavy atom. The van der Waals surface area contributed by atoms with Gasteiger partial charge in [-0.2, -0.15) is 5.10 Å². The van der Waals surface area contributed by atoms with E-state index in [1.54, 1.807) is 30.3 Å². The van der Waals surface area contributed by atoms with E-state index in [-0.39, 0.29) is 5.02 Å². The van der Waals surface area contributed by atoms with Crippen molar-refractivity contribution in [3.05, 3.63) is 50.4 Å². The molecule has 31 heavy (non-hydrogen) atoms. The van der Waals surface area contributed by atoms with Crippen molar-refractivity contribution in [3.63, 3.8) is 0 Å². The van der Waals surface area contributed by atoms with Gasteiger partial charge in [0.15, 0.2) is 11.5 Å². The van der Waals surface area contributed by atoms with Gasteiger partial charge in [0, 0.05) is 0 Å². The molecule has 10 heteroatoms. The summed E-state index contributed by atoms with van der Waals surface area (Å²) in [6.07, 6.45) is 1.88. The number of carbonyl (C=O) groups is 2. The molecular formula is C21H22BrCl2N3O4. The monoisotopic (exact) mass is 529 g/mol. The molecule has 166 valence electrons. The number of anilines is 1. The van der Waals surface area contributed by atoms with E-state index >= 15 is 0 Å². The molecule has 2 N–H and O–H groups in total. The highest BCUT2D eigenvalue weighted by molar-refractivity contribution is 9.10. The number of nitrogens with zero attached hydrogens (tertiary/aromatic N) is 1. The minimum absolute atomic E-state index is 0.206. The van der Waals surface area contributed by atoms with Gasteiger partial charge in [0.2, 0.25) is 11.8 Å². The molecule has 0 heterocycles. The predicted octanol–water partition coefficient (Wildman–Crippen LogP) is 5.42. The molecule has 0 atom stereocenters. The highest BCUT2D eigenvalue weighted by Gasteiger charge is 2.13. The average molecular weight is 531 g/mol. The summed E-state index contributed by atoms with van der Waals surface area (Å²) in [4.78, 5) is 24.0. The summed E-state index contributed by atoms with van der Waals surface area (Å²) < 4.78 is 12.1. The molecule has 2 amide bonds. The molecule has 0 radical (unpaired) electrons. The molecule has 0 aliphatic heterocycles. The summed E-state index contributed by atoms with van der Waals surface area (Å²) in [5.74, 6) is 0.0479. The summed E-state index contributed by atoms with van der Waals surface area (Å²) in [6, 6.07) is 8.36. The summed E-state index contributed by atoms with van der Waals surface area (Å²) in [5, 5.41) is 6.95. The van der Waals surface area contributed by atoms with Crippen LogP contribution in [0, 0.1) is 0 Å². The van der Waals surface area contributed by atoms with Crippen LogP contribution >= 0.6 is 39.1 Å². The Bertz CT molecular complexity index is 970. The molecule has 0 fully saturated rings. The topological polar surface area (TPSA) is 89.0 Å². The zero-order valence-corrected chi connectivity index (χ0v) is 20.1. The van der Waals surface area contributed by atoms with Gasteiger partial charge < -0.3 is 14.8 Å². The maximum absolute atomic E-state index is 12.0. The van der Waals surface area contributed by atoms with Gasteiger partial charge in [-0.15, -0.1) is 0 Å².